The third kappa shape index (κ3) is 11.8. The highest BCUT2D eigenvalue weighted by atomic mass is 15.2. The highest BCUT2D eigenvalue weighted by Crippen LogP contribution is 2.63. The molecular formula is C123H82N4. The van der Waals surface area contributed by atoms with Crippen LogP contribution in [-0.2, 0) is 18.3 Å². The fourth-order valence-electron chi connectivity index (χ4n) is 21.8. The summed E-state index contributed by atoms with van der Waals surface area (Å²) >= 11 is 0. The van der Waals surface area contributed by atoms with Gasteiger partial charge in [0, 0.05) is 73.8 Å². The van der Waals surface area contributed by atoms with E-state index in [1.165, 1.54) is 133 Å². The minimum absolute atomic E-state index is 0.694. The number of hydrogen-bond acceptors (Lipinski definition) is 2. The van der Waals surface area contributed by atoms with Gasteiger partial charge >= 0.3 is 0 Å². The number of benzene rings is 20. The topological polar surface area (TPSA) is 16.3 Å². The predicted octanol–water partition coefficient (Wildman–Crippen LogP) is 32.3. The maximum Gasteiger partial charge on any atom is 0.0755 e. The molecule has 4 heteroatoms. The zero-order valence-corrected chi connectivity index (χ0v) is 69.7. The fraction of sp³-hybridized carbons (Fsp3) is 0.0244. The molecule has 127 heavy (non-hydrogen) atoms. The van der Waals surface area contributed by atoms with Crippen LogP contribution >= 0.6 is 0 Å². The minimum atomic E-state index is -0.725. The van der Waals surface area contributed by atoms with Gasteiger partial charge in [0.15, 0.2) is 0 Å². The molecule has 2 aliphatic heterocycles. The SMILES string of the molecule is c1ccc(-c2ccccc2-c2ccccc2N(c2cccc(-c3cccc(-c4ccc5c6cccc7c6n(c5c4)-c4ccc(N(c5ccccc5-c5ccccc5)c5ccccc5-c5ccccc5-c5ccccc5)cc4C74c5ccccc5-c5ccccc54)c3)c2)c2ccc3c(c2)Cc2ccccc2-c2ccccc2Cc2cccc4c5ccccc5n-3c24)cc1. The second-order valence-electron chi connectivity index (χ2n) is 34.0. The Labute approximate surface area is 739 Å². The maximum atomic E-state index is 2.62. The summed E-state index contributed by atoms with van der Waals surface area (Å²) in [5.41, 5.74) is 44.0. The van der Waals surface area contributed by atoms with E-state index in [0.717, 1.165) is 107 Å². The molecule has 0 saturated carbocycles. The number of rotatable bonds is 13. The fourth-order valence-corrected chi connectivity index (χ4v) is 21.8. The first-order valence-corrected chi connectivity index (χ1v) is 44.2. The Morgan fingerprint density at radius 1 is 0.181 bits per heavy atom. The Kier molecular flexibility index (Phi) is 17.3. The number of para-hydroxylation sites is 6. The Bertz CT molecular complexity index is 8120. The normalized spacial score (nSPS) is 12.6. The van der Waals surface area contributed by atoms with Gasteiger partial charge in [-0.15, -0.1) is 0 Å². The van der Waals surface area contributed by atoms with E-state index in [2.05, 4.69) is 492 Å². The van der Waals surface area contributed by atoms with Gasteiger partial charge in [0.05, 0.1) is 50.2 Å². The molecule has 0 fully saturated rings. The number of anilines is 6. The van der Waals surface area contributed by atoms with Crippen molar-refractivity contribution in [1.82, 2.24) is 9.13 Å². The van der Waals surface area contributed by atoms with Crippen LogP contribution in [0.5, 0.6) is 0 Å². The van der Waals surface area contributed by atoms with Crippen LogP contribution in [0.4, 0.5) is 34.1 Å². The Balaban J connectivity index is 0.670. The van der Waals surface area contributed by atoms with Crippen molar-refractivity contribution in [1.29, 1.82) is 0 Å². The van der Waals surface area contributed by atoms with E-state index in [9.17, 15) is 0 Å². The molecule has 0 bridgehead atoms. The molecular weight excluding hydrogens is 1530 g/mol. The van der Waals surface area contributed by atoms with Gasteiger partial charge < -0.3 is 18.9 Å². The van der Waals surface area contributed by atoms with Gasteiger partial charge in [-0.2, -0.15) is 0 Å². The van der Waals surface area contributed by atoms with Crippen LogP contribution in [0.3, 0.4) is 0 Å². The molecule has 4 heterocycles. The summed E-state index contributed by atoms with van der Waals surface area (Å²) < 4.78 is 5.20. The highest BCUT2D eigenvalue weighted by molar-refractivity contribution is 6.15. The summed E-state index contributed by atoms with van der Waals surface area (Å²) in [6.45, 7) is 0. The lowest BCUT2D eigenvalue weighted by Gasteiger charge is -2.40. The van der Waals surface area contributed by atoms with Gasteiger partial charge in [0.25, 0.3) is 0 Å². The number of fused-ring (bicyclic) bond motifs is 20. The molecule has 1 spiro atoms. The molecule has 0 radical (unpaired) electrons. The van der Waals surface area contributed by atoms with Crippen molar-refractivity contribution in [2.75, 3.05) is 9.80 Å². The van der Waals surface area contributed by atoms with Gasteiger partial charge in [-0.1, -0.05) is 388 Å². The van der Waals surface area contributed by atoms with Crippen LogP contribution in [0.25, 0.3) is 155 Å². The number of aromatic nitrogens is 2. The first kappa shape index (κ1) is 73.3. The van der Waals surface area contributed by atoms with Crippen molar-refractivity contribution in [2.45, 2.75) is 18.3 Å². The Morgan fingerprint density at radius 3 is 1.19 bits per heavy atom. The summed E-state index contributed by atoms with van der Waals surface area (Å²) in [7, 11) is 0. The van der Waals surface area contributed by atoms with Crippen LogP contribution in [-0.4, -0.2) is 9.13 Å². The van der Waals surface area contributed by atoms with Gasteiger partial charge in [-0.05, 0) is 213 Å². The standard InChI is InChI=1S/C123H82N4/c1-4-34-81(35-5-1)95-47-14-16-52-100(95)104-56-21-27-65-116(104)124(93-69-72-114-91(78-93)76-89-41-11-13-50-98(89)97-49-12-10-40-88(97)75-90-45-32-59-108-106-58-23-29-67-118(106)126(114)121(90)108)92-46-31-44-86(77-92)84-42-30-43-85(74-84)87-68-71-107-109-60-33-63-112-122(109)127(120(107)79-87)119-73-70-94(80-113(119)123(112)110-61-24-18-54-102(110)103-55-19-25-62-111(103)123)125(115-64-26-20-51-99(115)83-38-8-3-9-39-83)117-66-28-22-57-105(117)101-53-17-15-48-96(101)82-36-6-2-7-37-82/h1-74,77-80H,75-76H2. The Hall–Kier alpha value is -16.4. The molecule has 2 aromatic heterocycles. The lowest BCUT2D eigenvalue weighted by Crippen LogP contribution is -2.33. The summed E-state index contributed by atoms with van der Waals surface area (Å²) in [4.78, 5) is 5.07. The van der Waals surface area contributed by atoms with Crippen molar-refractivity contribution < 1.29 is 0 Å². The monoisotopic (exact) mass is 1610 g/mol. The zero-order valence-electron chi connectivity index (χ0n) is 69.7. The van der Waals surface area contributed by atoms with Gasteiger partial charge in [0.1, 0.15) is 0 Å². The lowest BCUT2D eigenvalue weighted by atomic mass is 9.65. The number of nitrogens with zero attached hydrogens (tertiary/aromatic N) is 4. The predicted molar refractivity (Wildman–Crippen MR) is 531 cm³/mol. The van der Waals surface area contributed by atoms with Crippen LogP contribution < -0.4 is 9.80 Å². The summed E-state index contributed by atoms with van der Waals surface area (Å²) in [5, 5.41) is 4.94. The molecule has 25 rings (SSSR count). The average Bonchev–Trinajstić information content (AvgIpc) is 1.51. The highest BCUT2D eigenvalue weighted by Gasteiger charge is 2.51. The largest absolute Gasteiger partial charge is 0.310 e. The summed E-state index contributed by atoms with van der Waals surface area (Å²) in [6, 6.07) is 178. The first-order valence-electron chi connectivity index (χ1n) is 44.2. The van der Waals surface area contributed by atoms with Crippen molar-refractivity contribution >= 4 is 77.7 Å². The number of hydrogen-bond donors (Lipinski definition) is 0. The molecule has 22 aromatic rings. The summed E-state index contributed by atoms with van der Waals surface area (Å²) in [5.74, 6) is 0. The molecule has 1 aliphatic carbocycles. The van der Waals surface area contributed by atoms with Gasteiger partial charge in [-0.25, -0.2) is 0 Å². The molecule has 3 aliphatic rings. The van der Waals surface area contributed by atoms with E-state index in [4.69, 9.17) is 0 Å². The smallest absolute Gasteiger partial charge is 0.0755 e. The van der Waals surface area contributed by atoms with Crippen molar-refractivity contribution in [3.63, 3.8) is 0 Å². The molecule has 0 N–H and O–H groups in total. The molecule has 0 unspecified atom stereocenters. The Morgan fingerprint density at radius 2 is 0.567 bits per heavy atom. The average molecular weight is 1620 g/mol. The minimum Gasteiger partial charge on any atom is -0.310 e. The third-order valence-electron chi connectivity index (χ3n) is 27.2. The van der Waals surface area contributed by atoms with Crippen LogP contribution in [0.15, 0.2) is 473 Å². The van der Waals surface area contributed by atoms with E-state index in [1.807, 2.05) is 0 Å². The third-order valence-corrected chi connectivity index (χ3v) is 27.2. The first-order chi connectivity index (χ1) is 63.0. The molecule has 0 amide bonds. The molecule has 4 nitrogen and oxygen atoms in total. The van der Waals surface area contributed by atoms with E-state index in [0.29, 0.717) is 6.42 Å². The van der Waals surface area contributed by atoms with Crippen molar-refractivity contribution in [3.8, 4) is 112 Å². The quantitative estimate of drug-likeness (QED) is 0.114. The van der Waals surface area contributed by atoms with Crippen LogP contribution in [0.1, 0.15) is 44.5 Å². The van der Waals surface area contributed by atoms with Gasteiger partial charge in [0.2, 0.25) is 0 Å². The van der Waals surface area contributed by atoms with E-state index in [1.54, 1.807) is 0 Å². The molecule has 20 aromatic carbocycles. The second-order valence-corrected chi connectivity index (χ2v) is 34.0. The summed E-state index contributed by atoms with van der Waals surface area (Å²) in [6.07, 6.45) is 1.49. The lowest BCUT2D eigenvalue weighted by molar-refractivity contribution is 0.748. The molecule has 0 atom stereocenters. The van der Waals surface area contributed by atoms with E-state index < -0.39 is 5.41 Å². The second kappa shape index (κ2) is 30.0. The molecule has 0 saturated heterocycles. The zero-order chi connectivity index (χ0) is 83.6. The van der Waals surface area contributed by atoms with Gasteiger partial charge in [-0.3, -0.25) is 0 Å². The maximum absolute atomic E-state index is 2.62. The van der Waals surface area contributed by atoms with E-state index >= 15 is 0 Å². The van der Waals surface area contributed by atoms with E-state index in [-0.39, 0.29) is 0 Å². The molecule has 594 valence electrons. The van der Waals surface area contributed by atoms with Crippen molar-refractivity contribution in [2.24, 2.45) is 0 Å². The van der Waals surface area contributed by atoms with Crippen molar-refractivity contribution in [3.05, 3.63) is 518 Å². The van der Waals surface area contributed by atoms with Crippen LogP contribution in [0.2, 0.25) is 0 Å². The van der Waals surface area contributed by atoms with Crippen LogP contribution in [0, 0.1) is 0 Å².